The highest BCUT2D eigenvalue weighted by Gasteiger charge is 2.27. The van der Waals surface area contributed by atoms with Crippen molar-refractivity contribution in [3.63, 3.8) is 0 Å². The Bertz CT molecular complexity index is 1180. The second kappa shape index (κ2) is 9.58. The molecule has 3 aromatic carbocycles. The fraction of sp³-hybridized carbons (Fsp3) is 0.0769. The number of methoxy groups -OCH3 is 1. The normalized spacial score (nSPS) is 10.7. The fourth-order valence-electron chi connectivity index (χ4n) is 3.57. The van der Waals surface area contributed by atoms with Crippen LogP contribution < -0.4 is 5.32 Å². The lowest BCUT2D eigenvalue weighted by atomic mass is 9.90. The van der Waals surface area contributed by atoms with Crippen molar-refractivity contribution in [3.05, 3.63) is 113 Å². The zero-order valence-corrected chi connectivity index (χ0v) is 18.1. The van der Waals surface area contributed by atoms with Gasteiger partial charge >= 0.3 is 5.97 Å². The van der Waals surface area contributed by atoms with Crippen molar-refractivity contribution >= 4 is 28.2 Å². The zero-order valence-electron chi connectivity index (χ0n) is 17.2. The van der Waals surface area contributed by atoms with Gasteiger partial charge in [0.15, 0.2) is 0 Å². The average Bonchev–Trinajstić information content (AvgIpc) is 3.24. The van der Waals surface area contributed by atoms with Gasteiger partial charge in [0.2, 0.25) is 5.91 Å². The Labute approximate surface area is 189 Å². The van der Waals surface area contributed by atoms with Gasteiger partial charge in [-0.05, 0) is 28.8 Å². The van der Waals surface area contributed by atoms with E-state index in [9.17, 15) is 14.0 Å². The summed E-state index contributed by atoms with van der Waals surface area (Å²) in [6.07, 6.45) is 0. The molecule has 0 aliphatic rings. The Morgan fingerprint density at radius 2 is 1.44 bits per heavy atom. The van der Waals surface area contributed by atoms with E-state index in [4.69, 9.17) is 4.74 Å². The van der Waals surface area contributed by atoms with Crippen molar-refractivity contribution in [2.24, 2.45) is 0 Å². The molecule has 4 rings (SSSR count). The van der Waals surface area contributed by atoms with Crippen molar-refractivity contribution < 1.29 is 18.7 Å². The summed E-state index contributed by atoms with van der Waals surface area (Å²) in [6, 6.07) is 24.8. The zero-order chi connectivity index (χ0) is 22.5. The second-order valence-electron chi connectivity index (χ2n) is 7.10. The molecule has 0 radical (unpaired) electrons. The number of thiophene rings is 1. The maximum Gasteiger partial charge on any atom is 0.341 e. The van der Waals surface area contributed by atoms with E-state index in [0.29, 0.717) is 16.1 Å². The minimum atomic E-state index is -0.572. The first-order chi connectivity index (χ1) is 15.6. The molecule has 0 aliphatic carbocycles. The molecule has 4 aromatic rings. The van der Waals surface area contributed by atoms with Crippen LogP contribution in [0.4, 0.5) is 9.39 Å². The Balaban J connectivity index is 1.73. The molecule has 0 atom stereocenters. The molecule has 4 nitrogen and oxygen atoms in total. The Kier molecular flexibility index (Phi) is 6.42. The molecule has 0 fully saturated rings. The minimum Gasteiger partial charge on any atom is -0.465 e. The summed E-state index contributed by atoms with van der Waals surface area (Å²) in [7, 11) is 1.29. The van der Waals surface area contributed by atoms with Crippen LogP contribution in [0.3, 0.4) is 0 Å². The van der Waals surface area contributed by atoms with E-state index in [0.717, 1.165) is 11.1 Å². The molecule has 0 aliphatic heterocycles. The van der Waals surface area contributed by atoms with Gasteiger partial charge in [-0.3, -0.25) is 4.79 Å². The highest BCUT2D eigenvalue weighted by Crippen LogP contribution is 2.37. The van der Waals surface area contributed by atoms with Gasteiger partial charge < -0.3 is 10.1 Å². The molecule has 1 aromatic heterocycles. The summed E-state index contributed by atoms with van der Waals surface area (Å²) in [5, 5.41) is 5.08. The SMILES string of the molecule is COC(=O)c1c(-c2ccc(F)cc2)csc1NC(=O)C(c1ccccc1)c1ccccc1. The second-order valence-corrected chi connectivity index (χ2v) is 7.98. The standard InChI is InChI=1S/C26H20FNO3S/c1-31-26(30)23-21(17-12-14-20(27)15-13-17)16-32-25(23)28-24(29)22(18-8-4-2-5-9-18)19-10-6-3-7-11-19/h2-16,22H,1H3,(H,28,29). The third-order valence-electron chi connectivity index (χ3n) is 5.10. The molecule has 0 spiro atoms. The predicted octanol–water partition coefficient (Wildman–Crippen LogP) is 6.11. The van der Waals surface area contributed by atoms with E-state index in [2.05, 4.69) is 5.32 Å². The molecule has 0 saturated carbocycles. The van der Waals surface area contributed by atoms with Gasteiger partial charge in [-0.1, -0.05) is 72.8 Å². The molecule has 160 valence electrons. The van der Waals surface area contributed by atoms with Crippen LogP contribution >= 0.6 is 11.3 Å². The minimum absolute atomic E-state index is 0.248. The summed E-state index contributed by atoms with van der Waals surface area (Å²) < 4.78 is 18.3. The molecule has 0 unspecified atom stereocenters. The first kappa shape index (κ1) is 21.5. The third kappa shape index (κ3) is 4.45. The van der Waals surface area contributed by atoms with E-state index in [1.807, 2.05) is 60.7 Å². The summed E-state index contributed by atoms with van der Waals surface area (Å²) >= 11 is 1.23. The van der Waals surface area contributed by atoms with E-state index in [1.54, 1.807) is 17.5 Å². The van der Waals surface area contributed by atoms with Crippen LogP contribution in [-0.4, -0.2) is 19.0 Å². The number of benzene rings is 3. The molecule has 6 heteroatoms. The molecular weight excluding hydrogens is 425 g/mol. The largest absolute Gasteiger partial charge is 0.465 e. The number of ether oxygens (including phenoxy) is 1. The van der Waals surface area contributed by atoms with Gasteiger partial charge in [0.1, 0.15) is 16.4 Å². The average molecular weight is 446 g/mol. The molecule has 1 N–H and O–H groups in total. The van der Waals surface area contributed by atoms with Gasteiger partial charge in [0.05, 0.1) is 13.0 Å². The predicted molar refractivity (Wildman–Crippen MR) is 124 cm³/mol. The van der Waals surface area contributed by atoms with Crippen LogP contribution in [0.5, 0.6) is 0 Å². The van der Waals surface area contributed by atoms with Gasteiger partial charge in [-0.2, -0.15) is 0 Å². The number of rotatable bonds is 6. The maximum atomic E-state index is 13.5. The highest BCUT2D eigenvalue weighted by atomic mass is 32.1. The molecule has 0 saturated heterocycles. The van der Waals surface area contributed by atoms with Crippen LogP contribution in [0, 0.1) is 5.82 Å². The van der Waals surface area contributed by atoms with E-state index >= 15 is 0 Å². The van der Waals surface area contributed by atoms with Gasteiger partial charge in [0, 0.05) is 10.9 Å². The molecular formula is C26H20FNO3S. The van der Waals surface area contributed by atoms with Gasteiger partial charge in [0.25, 0.3) is 0 Å². The number of halogens is 1. The van der Waals surface area contributed by atoms with Crippen molar-refractivity contribution in [2.45, 2.75) is 5.92 Å². The monoisotopic (exact) mass is 445 g/mol. The van der Waals surface area contributed by atoms with Gasteiger partial charge in [-0.15, -0.1) is 11.3 Å². The number of esters is 1. The van der Waals surface area contributed by atoms with E-state index in [-0.39, 0.29) is 17.3 Å². The van der Waals surface area contributed by atoms with Gasteiger partial charge in [-0.25, -0.2) is 9.18 Å². The number of nitrogens with one attached hydrogen (secondary N) is 1. The van der Waals surface area contributed by atoms with Crippen LogP contribution in [0.25, 0.3) is 11.1 Å². The van der Waals surface area contributed by atoms with E-state index < -0.39 is 11.9 Å². The molecule has 1 amide bonds. The number of hydrogen-bond acceptors (Lipinski definition) is 4. The quantitative estimate of drug-likeness (QED) is 0.364. The highest BCUT2D eigenvalue weighted by molar-refractivity contribution is 7.15. The van der Waals surface area contributed by atoms with Crippen molar-refractivity contribution in [2.75, 3.05) is 12.4 Å². The van der Waals surface area contributed by atoms with Crippen molar-refractivity contribution in [1.82, 2.24) is 0 Å². The van der Waals surface area contributed by atoms with Crippen molar-refractivity contribution in [3.8, 4) is 11.1 Å². The molecule has 32 heavy (non-hydrogen) atoms. The first-order valence-electron chi connectivity index (χ1n) is 9.95. The lowest BCUT2D eigenvalue weighted by Crippen LogP contribution is -2.23. The summed E-state index contributed by atoms with van der Waals surface area (Å²) in [6.45, 7) is 0. The number of anilines is 1. The maximum absolute atomic E-state index is 13.5. The Morgan fingerprint density at radius 3 is 1.97 bits per heavy atom. The fourth-order valence-corrected chi connectivity index (χ4v) is 4.53. The molecule has 1 heterocycles. The Hall–Kier alpha value is -3.77. The molecule has 0 bridgehead atoms. The number of hydrogen-bond donors (Lipinski definition) is 1. The summed E-state index contributed by atoms with van der Waals surface area (Å²) in [5.74, 6) is -1.76. The van der Waals surface area contributed by atoms with Crippen LogP contribution in [0.1, 0.15) is 27.4 Å². The topological polar surface area (TPSA) is 55.4 Å². The Morgan fingerprint density at radius 1 is 0.875 bits per heavy atom. The smallest absolute Gasteiger partial charge is 0.341 e. The van der Waals surface area contributed by atoms with Crippen LogP contribution in [0.2, 0.25) is 0 Å². The first-order valence-corrected chi connectivity index (χ1v) is 10.8. The van der Waals surface area contributed by atoms with Crippen LogP contribution in [-0.2, 0) is 9.53 Å². The van der Waals surface area contributed by atoms with E-state index in [1.165, 1.54) is 30.6 Å². The lowest BCUT2D eigenvalue weighted by molar-refractivity contribution is -0.116. The number of amides is 1. The summed E-state index contributed by atoms with van der Waals surface area (Å²) in [4.78, 5) is 26.1. The van der Waals surface area contributed by atoms with Crippen molar-refractivity contribution in [1.29, 1.82) is 0 Å². The lowest BCUT2D eigenvalue weighted by Gasteiger charge is -2.18. The van der Waals surface area contributed by atoms with Crippen LogP contribution in [0.15, 0.2) is 90.3 Å². The number of carbonyl (C=O) groups is 2. The third-order valence-corrected chi connectivity index (χ3v) is 6.00. The summed E-state index contributed by atoms with van der Waals surface area (Å²) in [5.41, 5.74) is 3.16. The number of carbonyl (C=O) groups excluding carboxylic acids is 2.